The first-order chi connectivity index (χ1) is 3.00. The van der Waals surface area contributed by atoms with E-state index in [1.807, 2.05) is 0 Å². The van der Waals surface area contributed by atoms with E-state index in [1.54, 1.807) is 11.5 Å². The lowest BCUT2D eigenvalue weighted by molar-refractivity contribution is 0.278. The van der Waals surface area contributed by atoms with E-state index in [2.05, 4.69) is 16.3 Å². The van der Waals surface area contributed by atoms with Crippen molar-refractivity contribution in [1.29, 1.82) is 0 Å². The number of hydroxylamine groups is 1. The zero-order valence-electron chi connectivity index (χ0n) is 2.97. The van der Waals surface area contributed by atoms with Crippen LogP contribution in [0.15, 0.2) is 11.5 Å². The highest BCUT2D eigenvalue weighted by Gasteiger charge is 1.87. The van der Waals surface area contributed by atoms with Gasteiger partial charge in [-0.1, -0.05) is 0 Å². The molecule has 0 aromatic rings. The van der Waals surface area contributed by atoms with Crippen LogP contribution in [0.3, 0.4) is 0 Å². The molecule has 1 heterocycles. The number of rotatable bonds is 0. The summed E-state index contributed by atoms with van der Waals surface area (Å²) in [7, 11) is 0. The lowest BCUT2D eigenvalue weighted by Gasteiger charge is -1.99. The van der Waals surface area contributed by atoms with Crippen LogP contribution >= 0.6 is 12.0 Å². The number of hydrogen-bond acceptors (Lipinski definition) is 3. The second-order valence-corrected chi connectivity index (χ2v) is 1.36. The Hall–Kier alpha value is 0.01000. The van der Waals surface area contributed by atoms with E-state index in [-0.39, 0.29) is 0 Å². The first-order valence-electron chi connectivity index (χ1n) is 1.48. The molecule has 0 saturated carbocycles. The molecule has 1 aliphatic heterocycles. The van der Waals surface area contributed by atoms with Gasteiger partial charge in [0.05, 0.1) is 0 Å². The fourth-order valence-electron chi connectivity index (χ4n) is 0.172. The first kappa shape index (κ1) is 4.18. The number of nitrogens with one attached hydrogen (secondary N) is 1. The summed E-state index contributed by atoms with van der Waals surface area (Å²) in [5.41, 5.74) is 2.41. The Morgan fingerprint density at radius 1 is 1.83 bits per heavy atom. The molecule has 0 unspecified atom stereocenters. The molecule has 0 saturated heterocycles. The molecule has 6 heavy (non-hydrogen) atoms. The van der Waals surface area contributed by atoms with Crippen LogP contribution in [0, 0.1) is 6.54 Å². The maximum Gasteiger partial charge on any atom is 0.116 e. The van der Waals surface area contributed by atoms with Gasteiger partial charge in [0, 0.05) is 12.0 Å². The molecule has 0 aromatic heterocycles. The van der Waals surface area contributed by atoms with Gasteiger partial charge in [0.25, 0.3) is 0 Å². The Morgan fingerprint density at radius 2 is 2.83 bits per heavy atom. The third-order valence-electron chi connectivity index (χ3n) is 0.356. The molecule has 0 amide bonds. The van der Waals surface area contributed by atoms with E-state index in [0.717, 1.165) is 0 Å². The average molecular weight is 101 g/mol. The molecule has 1 rings (SSSR count). The largest absolute Gasteiger partial charge is 0.226 e. The van der Waals surface area contributed by atoms with Crippen LogP contribution in [0.1, 0.15) is 0 Å². The van der Waals surface area contributed by atoms with Gasteiger partial charge in [-0.25, -0.2) is 4.28 Å². The second kappa shape index (κ2) is 2.23. The van der Waals surface area contributed by atoms with Crippen LogP contribution in [0.5, 0.6) is 0 Å². The molecule has 0 bridgehead atoms. The highest BCUT2D eigenvalue weighted by molar-refractivity contribution is 7.97. The molecule has 0 aliphatic carbocycles. The van der Waals surface area contributed by atoms with E-state index in [0.29, 0.717) is 0 Å². The maximum absolute atomic E-state index is 4.54. The van der Waals surface area contributed by atoms with Crippen molar-refractivity contribution in [3.05, 3.63) is 18.0 Å². The van der Waals surface area contributed by atoms with Gasteiger partial charge in [-0.15, -0.1) is 0 Å². The monoisotopic (exact) mass is 101 g/mol. The van der Waals surface area contributed by atoms with Gasteiger partial charge in [-0.05, 0) is 11.5 Å². The Bertz CT molecular complexity index is 55.8. The maximum atomic E-state index is 4.54. The molecule has 1 aliphatic rings. The van der Waals surface area contributed by atoms with Crippen molar-refractivity contribution in [3.8, 4) is 0 Å². The summed E-state index contributed by atoms with van der Waals surface area (Å²) >= 11 is 1.24. The Morgan fingerprint density at radius 3 is 3.00 bits per heavy atom. The highest BCUT2D eigenvalue weighted by Crippen LogP contribution is 2.05. The average Bonchev–Trinajstić information content (AvgIpc) is 1.72. The van der Waals surface area contributed by atoms with E-state index in [9.17, 15) is 0 Å². The van der Waals surface area contributed by atoms with Crippen LogP contribution in [0.25, 0.3) is 0 Å². The first-order valence-corrected chi connectivity index (χ1v) is 2.28. The van der Waals surface area contributed by atoms with Gasteiger partial charge in [0.2, 0.25) is 0 Å². The summed E-state index contributed by atoms with van der Waals surface area (Å²) in [6.07, 6.45) is 1.74. The molecule has 2 nitrogen and oxygen atoms in total. The lowest BCUT2D eigenvalue weighted by atomic mass is 10.7. The Balaban J connectivity index is 2.26. The fraction of sp³-hybridized carbons (Fsp3) is 0. The Kier molecular flexibility index (Phi) is 1.55. The minimum atomic E-state index is 1.24. The molecule has 1 N–H and O–H groups in total. The Labute approximate surface area is 40.7 Å². The van der Waals surface area contributed by atoms with Gasteiger partial charge in [0.15, 0.2) is 0 Å². The highest BCUT2D eigenvalue weighted by atomic mass is 32.2. The van der Waals surface area contributed by atoms with E-state index in [4.69, 9.17) is 0 Å². The predicted octanol–water partition coefficient (Wildman–Crippen LogP) is 0.722. The van der Waals surface area contributed by atoms with Gasteiger partial charge < -0.3 is 0 Å². The van der Waals surface area contributed by atoms with E-state index in [1.165, 1.54) is 12.0 Å². The van der Waals surface area contributed by atoms with Crippen molar-refractivity contribution in [1.82, 2.24) is 5.48 Å². The van der Waals surface area contributed by atoms with Crippen molar-refractivity contribution in [2.24, 2.45) is 0 Å². The van der Waals surface area contributed by atoms with Gasteiger partial charge in [-0.3, -0.25) is 0 Å². The molecule has 0 fully saturated rings. The van der Waals surface area contributed by atoms with Crippen molar-refractivity contribution >= 4 is 12.0 Å². The molecular formula is C3H3NOS. The summed E-state index contributed by atoms with van der Waals surface area (Å²) in [5.74, 6) is 0. The summed E-state index contributed by atoms with van der Waals surface area (Å²) in [4.78, 5) is 0. The quantitative estimate of drug-likeness (QED) is 0.454. The molecule has 32 valence electrons. The second-order valence-electron chi connectivity index (χ2n) is 0.729. The minimum absolute atomic E-state index is 1.24. The molecule has 2 radical (unpaired) electrons. The topological polar surface area (TPSA) is 21.3 Å². The molecule has 0 spiro atoms. The zero-order valence-corrected chi connectivity index (χ0v) is 3.79. The standard InChI is InChI=1S/C3H3NOS/c1-2-4-5-6-3-1/h1,3-4H. The van der Waals surface area contributed by atoms with Gasteiger partial charge >= 0.3 is 0 Å². The van der Waals surface area contributed by atoms with Crippen molar-refractivity contribution < 1.29 is 4.28 Å². The molecule has 0 atom stereocenters. The van der Waals surface area contributed by atoms with Crippen molar-refractivity contribution in [2.75, 3.05) is 0 Å². The molecular weight excluding hydrogens is 98.1 g/mol. The van der Waals surface area contributed by atoms with Gasteiger partial charge in [0.1, 0.15) is 6.54 Å². The smallest absolute Gasteiger partial charge is 0.116 e. The third kappa shape index (κ3) is 1.01. The van der Waals surface area contributed by atoms with E-state index < -0.39 is 0 Å². The lowest BCUT2D eigenvalue weighted by Crippen LogP contribution is -2.05. The molecule has 3 heteroatoms. The summed E-state index contributed by atoms with van der Waals surface area (Å²) in [5, 5.41) is 1.79. The minimum Gasteiger partial charge on any atom is -0.226 e. The van der Waals surface area contributed by atoms with Gasteiger partial charge in [-0.2, -0.15) is 5.48 Å². The van der Waals surface area contributed by atoms with Crippen molar-refractivity contribution in [3.63, 3.8) is 0 Å². The van der Waals surface area contributed by atoms with E-state index >= 15 is 0 Å². The van der Waals surface area contributed by atoms with Crippen LogP contribution in [0.4, 0.5) is 0 Å². The van der Waals surface area contributed by atoms with Crippen LogP contribution < -0.4 is 5.48 Å². The number of hydrogen-bond donors (Lipinski definition) is 1. The third-order valence-corrected chi connectivity index (χ3v) is 0.782. The zero-order chi connectivity index (χ0) is 4.24. The summed E-state index contributed by atoms with van der Waals surface area (Å²) in [6, 6.07) is 0. The summed E-state index contributed by atoms with van der Waals surface area (Å²) in [6.45, 7) is 2.61. The van der Waals surface area contributed by atoms with Crippen LogP contribution in [0.2, 0.25) is 0 Å². The predicted molar refractivity (Wildman–Crippen MR) is 24.2 cm³/mol. The van der Waals surface area contributed by atoms with Crippen LogP contribution in [-0.2, 0) is 4.28 Å². The molecule has 0 aromatic carbocycles. The normalized spacial score (nSPS) is 21.3. The SMILES string of the molecule is [C]1C=CSON1. The summed E-state index contributed by atoms with van der Waals surface area (Å²) < 4.78 is 4.54. The van der Waals surface area contributed by atoms with Crippen molar-refractivity contribution in [2.45, 2.75) is 0 Å². The fourth-order valence-corrected chi connectivity index (χ4v) is 0.447. The van der Waals surface area contributed by atoms with Crippen LogP contribution in [-0.4, -0.2) is 0 Å².